The van der Waals surface area contributed by atoms with Crippen LogP contribution in [0.15, 0.2) is 10.8 Å². The normalized spacial score (nSPS) is 14.8. The number of hydrogen-bond acceptors (Lipinski definition) is 2. The molecule has 1 aromatic heterocycles. The zero-order valence-corrected chi connectivity index (χ0v) is 7.89. The summed E-state index contributed by atoms with van der Waals surface area (Å²) in [5, 5.41) is 0. The minimum atomic E-state index is -1.06. The van der Waals surface area contributed by atoms with Crippen molar-refractivity contribution in [2.24, 2.45) is 0 Å². The quantitative estimate of drug-likeness (QED) is 0.649. The first-order valence-electron chi connectivity index (χ1n) is 4.01. The first kappa shape index (κ1) is 9.23. The van der Waals surface area contributed by atoms with Gasteiger partial charge in [-0.1, -0.05) is 20.8 Å². The number of rotatable bonds is 1. The fraction of sp³-hybridized carbons (Fsp3) is 0.667. The van der Waals surface area contributed by atoms with Crippen LogP contribution in [0.4, 0.5) is 4.39 Å². The highest BCUT2D eigenvalue weighted by Crippen LogP contribution is 2.29. The molecule has 0 N–H and O–H groups in total. The van der Waals surface area contributed by atoms with Crippen molar-refractivity contribution in [1.29, 1.82) is 0 Å². The molecule has 68 valence electrons. The van der Waals surface area contributed by atoms with Crippen LogP contribution in [0.5, 0.6) is 0 Å². The molecule has 0 aromatic carbocycles. The number of oxazole rings is 1. The van der Waals surface area contributed by atoms with E-state index in [-0.39, 0.29) is 5.41 Å². The van der Waals surface area contributed by atoms with Crippen LogP contribution in [0.1, 0.15) is 45.3 Å². The van der Waals surface area contributed by atoms with E-state index in [2.05, 4.69) is 4.98 Å². The van der Waals surface area contributed by atoms with Crippen LogP contribution < -0.4 is 0 Å². The lowest BCUT2D eigenvalue weighted by atomic mass is 9.91. The molecule has 1 aromatic rings. The Kier molecular flexibility index (Phi) is 2.22. The van der Waals surface area contributed by atoms with Gasteiger partial charge >= 0.3 is 0 Å². The molecule has 0 aliphatic carbocycles. The highest BCUT2D eigenvalue weighted by atomic mass is 19.1. The van der Waals surface area contributed by atoms with Crippen molar-refractivity contribution >= 4 is 0 Å². The zero-order valence-electron chi connectivity index (χ0n) is 7.89. The van der Waals surface area contributed by atoms with E-state index >= 15 is 0 Å². The predicted octanol–water partition coefficient (Wildman–Crippen LogP) is 3.00. The van der Waals surface area contributed by atoms with Crippen molar-refractivity contribution in [2.45, 2.75) is 39.3 Å². The van der Waals surface area contributed by atoms with Crippen LogP contribution in [0.25, 0.3) is 0 Å². The lowest BCUT2D eigenvalue weighted by molar-refractivity contribution is 0.341. The third-order valence-electron chi connectivity index (χ3n) is 1.65. The Labute approximate surface area is 71.8 Å². The Balaban J connectivity index is 3.08. The molecule has 1 heterocycles. The fourth-order valence-corrected chi connectivity index (χ4v) is 1.10. The molecule has 0 radical (unpaired) electrons. The molecule has 12 heavy (non-hydrogen) atoms. The predicted molar refractivity (Wildman–Crippen MR) is 44.7 cm³/mol. The maximum Gasteiger partial charge on any atom is 0.181 e. The zero-order chi connectivity index (χ0) is 9.35. The summed E-state index contributed by atoms with van der Waals surface area (Å²) in [6, 6.07) is 0. The first-order chi connectivity index (χ1) is 5.43. The summed E-state index contributed by atoms with van der Waals surface area (Å²) >= 11 is 0. The van der Waals surface area contributed by atoms with Crippen molar-refractivity contribution in [3.8, 4) is 0 Å². The van der Waals surface area contributed by atoms with E-state index in [4.69, 9.17) is 4.42 Å². The van der Waals surface area contributed by atoms with Gasteiger partial charge in [0.05, 0.1) is 0 Å². The van der Waals surface area contributed by atoms with Gasteiger partial charge in [-0.2, -0.15) is 0 Å². The first-order valence-corrected chi connectivity index (χ1v) is 4.01. The highest BCUT2D eigenvalue weighted by Gasteiger charge is 2.25. The maximum absolute atomic E-state index is 12.9. The van der Waals surface area contributed by atoms with Crippen LogP contribution in [0.3, 0.4) is 0 Å². The molecule has 0 fully saturated rings. The molecule has 0 bridgehead atoms. The highest BCUT2D eigenvalue weighted by molar-refractivity contribution is 5.17. The SMILES string of the molecule is CC(F)c1ncoc1C(C)(C)C. The summed E-state index contributed by atoms with van der Waals surface area (Å²) in [6.07, 6.45) is 0.240. The van der Waals surface area contributed by atoms with Crippen LogP contribution in [0.2, 0.25) is 0 Å². The van der Waals surface area contributed by atoms with Crippen molar-refractivity contribution < 1.29 is 8.81 Å². The fourth-order valence-electron chi connectivity index (χ4n) is 1.10. The van der Waals surface area contributed by atoms with Gasteiger partial charge in [-0.3, -0.25) is 0 Å². The number of halogens is 1. The Morgan fingerprint density at radius 1 is 1.50 bits per heavy atom. The van der Waals surface area contributed by atoms with Gasteiger partial charge in [-0.25, -0.2) is 9.37 Å². The summed E-state index contributed by atoms with van der Waals surface area (Å²) in [5.74, 6) is 0.637. The van der Waals surface area contributed by atoms with E-state index in [1.54, 1.807) is 0 Å². The molecule has 1 unspecified atom stereocenters. The molecular weight excluding hydrogens is 157 g/mol. The van der Waals surface area contributed by atoms with Gasteiger partial charge in [-0.05, 0) is 6.92 Å². The largest absolute Gasteiger partial charge is 0.448 e. The smallest absolute Gasteiger partial charge is 0.181 e. The van der Waals surface area contributed by atoms with Crippen LogP contribution in [-0.4, -0.2) is 4.98 Å². The average molecular weight is 171 g/mol. The molecule has 1 atom stereocenters. The second kappa shape index (κ2) is 2.88. The Morgan fingerprint density at radius 3 is 2.42 bits per heavy atom. The van der Waals surface area contributed by atoms with E-state index in [9.17, 15) is 4.39 Å². The molecule has 0 spiro atoms. The lowest BCUT2D eigenvalue weighted by Crippen LogP contribution is -2.13. The minimum Gasteiger partial charge on any atom is -0.448 e. The lowest BCUT2D eigenvalue weighted by Gasteiger charge is -2.16. The molecule has 2 nitrogen and oxygen atoms in total. The topological polar surface area (TPSA) is 26.0 Å². The maximum atomic E-state index is 12.9. The van der Waals surface area contributed by atoms with Gasteiger partial charge in [0.25, 0.3) is 0 Å². The summed E-state index contributed by atoms with van der Waals surface area (Å²) in [5.41, 5.74) is 0.245. The third kappa shape index (κ3) is 1.65. The van der Waals surface area contributed by atoms with Crippen LogP contribution >= 0.6 is 0 Å². The minimum absolute atomic E-state index is 0.174. The second-order valence-electron chi connectivity index (χ2n) is 3.93. The molecule has 0 saturated heterocycles. The number of aromatic nitrogens is 1. The summed E-state index contributed by atoms with van der Waals surface area (Å²) in [7, 11) is 0. The molecule has 3 heteroatoms. The molecule has 0 aliphatic rings. The third-order valence-corrected chi connectivity index (χ3v) is 1.65. The second-order valence-corrected chi connectivity index (χ2v) is 3.93. The van der Waals surface area contributed by atoms with Gasteiger partial charge < -0.3 is 4.42 Å². The van der Waals surface area contributed by atoms with Gasteiger partial charge in [0.1, 0.15) is 17.6 Å². The van der Waals surface area contributed by atoms with E-state index in [1.807, 2.05) is 20.8 Å². The van der Waals surface area contributed by atoms with Gasteiger partial charge in [0, 0.05) is 5.41 Å². The van der Waals surface area contributed by atoms with Crippen LogP contribution in [0, 0.1) is 0 Å². The van der Waals surface area contributed by atoms with Crippen molar-refractivity contribution in [1.82, 2.24) is 4.98 Å². The summed E-state index contributed by atoms with van der Waals surface area (Å²) in [6.45, 7) is 7.38. The molecule has 0 aliphatic heterocycles. The van der Waals surface area contributed by atoms with Crippen molar-refractivity contribution in [3.05, 3.63) is 17.8 Å². The van der Waals surface area contributed by atoms with E-state index in [1.165, 1.54) is 13.3 Å². The van der Waals surface area contributed by atoms with Gasteiger partial charge in [0.2, 0.25) is 0 Å². The Hall–Kier alpha value is -0.860. The van der Waals surface area contributed by atoms with E-state index in [0.717, 1.165) is 0 Å². The van der Waals surface area contributed by atoms with E-state index < -0.39 is 6.17 Å². The Bertz CT molecular complexity index is 260. The molecular formula is C9H14FNO. The summed E-state index contributed by atoms with van der Waals surface area (Å²) in [4.78, 5) is 3.84. The van der Waals surface area contributed by atoms with Gasteiger partial charge in [-0.15, -0.1) is 0 Å². The van der Waals surface area contributed by atoms with Crippen molar-refractivity contribution in [2.75, 3.05) is 0 Å². The number of nitrogens with zero attached hydrogens (tertiary/aromatic N) is 1. The average Bonchev–Trinajstić information content (AvgIpc) is 2.30. The molecule has 0 saturated carbocycles. The van der Waals surface area contributed by atoms with Crippen molar-refractivity contribution in [3.63, 3.8) is 0 Å². The number of alkyl halides is 1. The summed E-state index contributed by atoms with van der Waals surface area (Å²) < 4.78 is 18.1. The number of hydrogen-bond donors (Lipinski definition) is 0. The molecule has 1 rings (SSSR count). The Morgan fingerprint density at radius 2 is 2.08 bits per heavy atom. The van der Waals surface area contributed by atoms with Gasteiger partial charge in [0.15, 0.2) is 6.39 Å². The molecule has 0 amide bonds. The monoisotopic (exact) mass is 171 g/mol. The van der Waals surface area contributed by atoms with E-state index in [0.29, 0.717) is 11.5 Å². The standard InChI is InChI=1S/C9H14FNO/c1-6(10)7-8(9(2,3)4)12-5-11-7/h5-6H,1-4H3. The van der Waals surface area contributed by atoms with Crippen LogP contribution in [-0.2, 0) is 5.41 Å².